The number of nitrogens with zero attached hydrogens (tertiary/aromatic N) is 1. The van der Waals surface area contributed by atoms with Gasteiger partial charge in [0.1, 0.15) is 5.82 Å². The zero-order valence-electron chi connectivity index (χ0n) is 8.16. The second-order valence-corrected chi connectivity index (χ2v) is 5.94. The van der Waals surface area contributed by atoms with Gasteiger partial charge in [0.25, 0.3) is 5.91 Å². The SMILES string of the molecule is Nc1[nH]ncc1CNC(=O)c1csc(I)c1. The lowest BCUT2D eigenvalue weighted by Crippen LogP contribution is -2.22. The quantitative estimate of drug-likeness (QED) is 0.737. The Kier molecular flexibility index (Phi) is 3.44. The number of nitrogen functional groups attached to an aromatic ring is 1. The van der Waals surface area contributed by atoms with E-state index in [1.165, 1.54) is 0 Å². The molecule has 2 rings (SSSR count). The summed E-state index contributed by atoms with van der Waals surface area (Å²) < 4.78 is 1.09. The highest BCUT2D eigenvalue weighted by atomic mass is 127. The van der Waals surface area contributed by atoms with Crippen molar-refractivity contribution in [2.24, 2.45) is 0 Å². The molecule has 1 amide bonds. The predicted octanol–water partition coefficient (Wildman–Crippen LogP) is 1.59. The van der Waals surface area contributed by atoms with Crippen LogP contribution in [0.4, 0.5) is 5.82 Å². The summed E-state index contributed by atoms with van der Waals surface area (Å²) in [7, 11) is 0. The standard InChI is InChI=1S/C9H9IN4OS/c10-7-1-5(4-16-7)9(15)12-2-6-3-13-14-8(6)11/h1,3-4H,2H2,(H,12,15)(H3,11,13,14). The lowest BCUT2D eigenvalue weighted by atomic mass is 10.3. The van der Waals surface area contributed by atoms with E-state index >= 15 is 0 Å². The molecule has 84 valence electrons. The fourth-order valence-corrected chi connectivity index (χ4v) is 2.50. The molecule has 0 unspecified atom stereocenters. The Morgan fingerprint density at radius 1 is 1.69 bits per heavy atom. The molecule has 0 aliphatic heterocycles. The predicted molar refractivity (Wildman–Crippen MR) is 71.2 cm³/mol. The Bertz CT molecular complexity index is 507. The highest BCUT2D eigenvalue weighted by Crippen LogP contribution is 2.16. The van der Waals surface area contributed by atoms with Crippen molar-refractivity contribution < 1.29 is 4.79 Å². The maximum absolute atomic E-state index is 11.7. The van der Waals surface area contributed by atoms with Crippen LogP contribution < -0.4 is 11.1 Å². The lowest BCUT2D eigenvalue weighted by molar-refractivity contribution is 0.0951. The molecule has 0 fully saturated rings. The Morgan fingerprint density at radius 3 is 3.06 bits per heavy atom. The van der Waals surface area contributed by atoms with Crippen LogP contribution in [0.5, 0.6) is 0 Å². The third-order valence-electron chi connectivity index (χ3n) is 2.02. The van der Waals surface area contributed by atoms with E-state index in [-0.39, 0.29) is 5.91 Å². The van der Waals surface area contributed by atoms with Crippen LogP contribution >= 0.6 is 33.9 Å². The van der Waals surface area contributed by atoms with Crippen molar-refractivity contribution >= 4 is 45.7 Å². The first-order valence-corrected chi connectivity index (χ1v) is 6.42. The molecule has 0 aliphatic carbocycles. The van der Waals surface area contributed by atoms with Crippen molar-refractivity contribution in [2.45, 2.75) is 6.54 Å². The van der Waals surface area contributed by atoms with E-state index in [9.17, 15) is 4.79 Å². The number of aromatic nitrogens is 2. The highest BCUT2D eigenvalue weighted by Gasteiger charge is 2.08. The molecule has 2 heterocycles. The average molecular weight is 348 g/mol. The zero-order chi connectivity index (χ0) is 11.5. The van der Waals surface area contributed by atoms with Gasteiger partial charge in [-0.15, -0.1) is 11.3 Å². The monoisotopic (exact) mass is 348 g/mol. The first kappa shape index (κ1) is 11.4. The van der Waals surface area contributed by atoms with Crippen molar-refractivity contribution in [3.8, 4) is 0 Å². The number of aromatic amines is 1. The van der Waals surface area contributed by atoms with Gasteiger partial charge in [-0.05, 0) is 28.7 Å². The van der Waals surface area contributed by atoms with Crippen molar-refractivity contribution in [1.82, 2.24) is 15.5 Å². The van der Waals surface area contributed by atoms with Crippen molar-refractivity contribution in [3.63, 3.8) is 0 Å². The van der Waals surface area contributed by atoms with Crippen molar-refractivity contribution in [1.29, 1.82) is 0 Å². The number of hydrogen-bond donors (Lipinski definition) is 3. The van der Waals surface area contributed by atoms with Crippen LogP contribution in [-0.2, 0) is 6.54 Å². The molecular formula is C9H9IN4OS. The summed E-state index contributed by atoms with van der Waals surface area (Å²) in [5.74, 6) is 0.389. The summed E-state index contributed by atoms with van der Waals surface area (Å²) >= 11 is 3.72. The van der Waals surface area contributed by atoms with Crippen molar-refractivity contribution in [3.05, 3.63) is 31.7 Å². The molecule has 0 saturated heterocycles. The third-order valence-corrected chi connectivity index (χ3v) is 3.81. The Labute approximate surface area is 110 Å². The largest absolute Gasteiger partial charge is 0.384 e. The molecule has 16 heavy (non-hydrogen) atoms. The van der Waals surface area contributed by atoms with Crippen LogP contribution in [-0.4, -0.2) is 16.1 Å². The van der Waals surface area contributed by atoms with Gasteiger partial charge in [-0.1, -0.05) is 0 Å². The van der Waals surface area contributed by atoms with Gasteiger partial charge in [0.2, 0.25) is 0 Å². The number of thiophene rings is 1. The number of anilines is 1. The molecule has 2 aromatic heterocycles. The summed E-state index contributed by atoms with van der Waals surface area (Å²) in [5, 5.41) is 11.0. The second kappa shape index (κ2) is 4.83. The highest BCUT2D eigenvalue weighted by molar-refractivity contribution is 14.1. The Balaban J connectivity index is 1.96. The Morgan fingerprint density at radius 2 is 2.50 bits per heavy atom. The van der Waals surface area contributed by atoms with E-state index in [4.69, 9.17) is 5.73 Å². The van der Waals surface area contributed by atoms with E-state index in [0.29, 0.717) is 17.9 Å². The first-order valence-electron chi connectivity index (χ1n) is 4.47. The lowest BCUT2D eigenvalue weighted by Gasteiger charge is -2.01. The maximum Gasteiger partial charge on any atom is 0.252 e. The molecule has 5 nitrogen and oxygen atoms in total. The third kappa shape index (κ3) is 2.53. The van der Waals surface area contributed by atoms with Gasteiger partial charge in [-0.2, -0.15) is 5.10 Å². The summed E-state index contributed by atoms with van der Waals surface area (Å²) in [6, 6.07) is 1.85. The molecule has 0 spiro atoms. The molecule has 0 saturated carbocycles. The van der Waals surface area contributed by atoms with Gasteiger partial charge in [0, 0.05) is 17.5 Å². The van der Waals surface area contributed by atoms with Gasteiger partial charge in [0.15, 0.2) is 0 Å². The van der Waals surface area contributed by atoms with E-state index < -0.39 is 0 Å². The number of nitrogens with two attached hydrogens (primary N) is 1. The fourth-order valence-electron chi connectivity index (χ4n) is 1.17. The van der Waals surface area contributed by atoms with E-state index in [1.54, 1.807) is 17.5 Å². The van der Waals surface area contributed by atoms with Crippen LogP contribution in [0.15, 0.2) is 17.6 Å². The number of hydrogen-bond acceptors (Lipinski definition) is 4. The summed E-state index contributed by atoms with van der Waals surface area (Å²) in [4.78, 5) is 11.7. The molecule has 0 atom stereocenters. The summed E-state index contributed by atoms with van der Waals surface area (Å²) in [6.45, 7) is 0.383. The van der Waals surface area contributed by atoms with Crippen molar-refractivity contribution in [2.75, 3.05) is 5.73 Å². The molecule has 4 N–H and O–H groups in total. The maximum atomic E-state index is 11.7. The smallest absolute Gasteiger partial charge is 0.252 e. The van der Waals surface area contributed by atoms with Crippen LogP contribution in [0.2, 0.25) is 0 Å². The van der Waals surface area contributed by atoms with E-state index in [2.05, 4.69) is 38.1 Å². The van der Waals surface area contributed by atoms with E-state index in [0.717, 1.165) is 8.45 Å². The number of amides is 1. The van der Waals surface area contributed by atoms with E-state index in [1.807, 2.05) is 11.4 Å². The average Bonchev–Trinajstić information content (AvgIpc) is 2.84. The van der Waals surface area contributed by atoms with Gasteiger partial charge in [-0.3, -0.25) is 9.89 Å². The number of carbonyl (C=O) groups is 1. The topological polar surface area (TPSA) is 83.8 Å². The van der Waals surface area contributed by atoms with Gasteiger partial charge >= 0.3 is 0 Å². The summed E-state index contributed by atoms with van der Waals surface area (Å²) in [6.07, 6.45) is 1.60. The Hall–Kier alpha value is -1.09. The van der Waals surface area contributed by atoms with Crippen LogP contribution in [0, 0.1) is 2.88 Å². The number of carbonyl (C=O) groups excluding carboxylic acids is 1. The number of rotatable bonds is 3. The minimum absolute atomic E-state index is 0.0974. The molecule has 0 radical (unpaired) electrons. The van der Waals surface area contributed by atoms with Crippen LogP contribution in [0.1, 0.15) is 15.9 Å². The first-order chi connectivity index (χ1) is 7.66. The molecule has 0 aliphatic rings. The minimum atomic E-state index is -0.0974. The zero-order valence-corrected chi connectivity index (χ0v) is 11.1. The fraction of sp³-hybridized carbons (Fsp3) is 0.111. The van der Waals surface area contributed by atoms with Gasteiger partial charge in [-0.25, -0.2) is 0 Å². The number of halogens is 1. The molecule has 0 bridgehead atoms. The minimum Gasteiger partial charge on any atom is -0.384 e. The molecule has 0 aromatic carbocycles. The number of H-pyrrole nitrogens is 1. The normalized spacial score (nSPS) is 10.3. The molecular weight excluding hydrogens is 339 g/mol. The second-order valence-electron chi connectivity index (χ2n) is 3.13. The number of nitrogens with one attached hydrogen (secondary N) is 2. The van der Waals surface area contributed by atoms with Crippen LogP contribution in [0.3, 0.4) is 0 Å². The molecule has 7 heteroatoms. The summed E-state index contributed by atoms with van der Waals surface area (Å²) in [5.41, 5.74) is 7.07. The van der Waals surface area contributed by atoms with Crippen LogP contribution in [0.25, 0.3) is 0 Å². The van der Waals surface area contributed by atoms with Gasteiger partial charge in [0.05, 0.1) is 14.6 Å². The van der Waals surface area contributed by atoms with Gasteiger partial charge < -0.3 is 11.1 Å². The molecule has 2 aromatic rings.